The minimum atomic E-state index is -0.852. The van der Waals surface area contributed by atoms with Crippen LogP contribution in [0.1, 0.15) is 37.2 Å². The molecule has 1 aromatic heterocycles. The maximum atomic E-state index is 11.9. The molecule has 0 aliphatic heterocycles. The summed E-state index contributed by atoms with van der Waals surface area (Å²) >= 11 is 17.5. The molecule has 0 aliphatic rings. The molecule has 1 rings (SSSR count). The Morgan fingerprint density at radius 2 is 1.82 bits per heavy atom. The number of rotatable bonds is 6. The fourth-order valence-corrected chi connectivity index (χ4v) is 2.28. The molecule has 22 heavy (non-hydrogen) atoms. The Kier molecular flexibility index (Phi) is 7.19. The molecule has 0 bridgehead atoms. The van der Waals surface area contributed by atoms with Gasteiger partial charge in [0.05, 0.1) is 5.69 Å². The van der Waals surface area contributed by atoms with Gasteiger partial charge in [0.2, 0.25) is 0 Å². The maximum Gasteiger partial charge on any atom is 0.405 e. The van der Waals surface area contributed by atoms with Gasteiger partial charge >= 0.3 is 11.7 Å². The van der Waals surface area contributed by atoms with Crippen LogP contribution in [0.3, 0.4) is 0 Å². The third-order valence-corrected chi connectivity index (χ3v) is 4.17. The number of halogens is 3. The zero-order valence-corrected chi connectivity index (χ0v) is 14.4. The highest BCUT2D eigenvalue weighted by molar-refractivity contribution is 6.45. The van der Waals surface area contributed by atoms with Crippen molar-refractivity contribution in [2.45, 2.75) is 32.7 Å². The molecule has 0 radical (unpaired) electrons. The van der Waals surface area contributed by atoms with E-state index in [0.29, 0.717) is 0 Å². The van der Waals surface area contributed by atoms with E-state index in [4.69, 9.17) is 45.3 Å². The van der Waals surface area contributed by atoms with Crippen LogP contribution in [-0.2, 0) is 9.53 Å². The number of carbonyl (C=O) groups excluding carboxylic acids is 2. The second-order valence-electron chi connectivity index (χ2n) is 4.51. The van der Waals surface area contributed by atoms with E-state index < -0.39 is 18.5 Å². The summed E-state index contributed by atoms with van der Waals surface area (Å²) < 4.78 is 4.89. The minimum Gasteiger partial charge on any atom is -0.448 e. The van der Waals surface area contributed by atoms with Crippen molar-refractivity contribution in [2.24, 2.45) is 0 Å². The van der Waals surface area contributed by atoms with Gasteiger partial charge in [0.1, 0.15) is 10.0 Å². The Morgan fingerprint density at radius 1 is 1.23 bits per heavy atom. The highest BCUT2D eigenvalue weighted by atomic mass is 35.5. The van der Waals surface area contributed by atoms with Crippen LogP contribution in [0.25, 0.3) is 0 Å². The average molecular weight is 370 g/mol. The van der Waals surface area contributed by atoms with E-state index in [9.17, 15) is 9.59 Å². The Balaban J connectivity index is 2.73. The molecule has 1 aromatic rings. The number of hydrogen-bond donors (Lipinski definition) is 2. The van der Waals surface area contributed by atoms with Gasteiger partial charge in [0, 0.05) is 6.04 Å². The number of anilines is 1. The van der Waals surface area contributed by atoms with Crippen LogP contribution in [0, 0.1) is 0 Å². The number of esters is 1. The zero-order chi connectivity index (χ0) is 16.9. The molecular weight excluding hydrogens is 353 g/mol. The number of carbonyl (C=O) groups is 2. The van der Waals surface area contributed by atoms with Crippen molar-refractivity contribution in [2.75, 3.05) is 12.3 Å². The molecule has 1 heterocycles. The van der Waals surface area contributed by atoms with Gasteiger partial charge in [0.15, 0.2) is 6.61 Å². The van der Waals surface area contributed by atoms with E-state index in [2.05, 4.69) is 10.3 Å². The van der Waals surface area contributed by atoms with E-state index in [1.165, 1.54) is 0 Å². The molecule has 4 N–H and O–H groups in total. The van der Waals surface area contributed by atoms with E-state index in [1.807, 2.05) is 13.8 Å². The van der Waals surface area contributed by atoms with Gasteiger partial charge in [-0.2, -0.15) is 4.98 Å². The third-order valence-electron chi connectivity index (χ3n) is 3.01. The summed E-state index contributed by atoms with van der Waals surface area (Å²) in [4.78, 5) is 26.1. The van der Waals surface area contributed by atoms with Crippen molar-refractivity contribution in [1.29, 1.82) is 0 Å². The first-order chi connectivity index (χ1) is 10.3. The number of H-pyrrole nitrogens is 1. The summed E-state index contributed by atoms with van der Waals surface area (Å²) in [5.41, 5.74) is 5.42. The van der Waals surface area contributed by atoms with Gasteiger partial charge in [0.25, 0.3) is 11.1 Å². The fraction of sp³-hybridized carbons (Fsp3) is 0.462. The van der Waals surface area contributed by atoms with Crippen molar-refractivity contribution in [1.82, 2.24) is 5.32 Å². The predicted molar refractivity (Wildman–Crippen MR) is 85.2 cm³/mol. The average Bonchev–Trinajstić information content (AvgIpc) is 2.51. The van der Waals surface area contributed by atoms with Crippen molar-refractivity contribution in [3.05, 3.63) is 20.9 Å². The summed E-state index contributed by atoms with van der Waals surface area (Å²) in [6, 6.07) is 0.0435. The van der Waals surface area contributed by atoms with Gasteiger partial charge in [-0.25, -0.2) is 4.79 Å². The number of aromatic nitrogens is 1. The monoisotopic (exact) mass is 368 g/mol. The fourth-order valence-electron chi connectivity index (χ4n) is 1.67. The molecule has 0 fully saturated rings. The number of aromatic amines is 1. The molecule has 9 heteroatoms. The summed E-state index contributed by atoms with van der Waals surface area (Å²) in [7, 11) is 0. The van der Waals surface area contributed by atoms with E-state index >= 15 is 0 Å². The molecule has 0 aliphatic carbocycles. The summed E-state index contributed by atoms with van der Waals surface area (Å²) in [5, 5.41) is 2.59. The third kappa shape index (κ3) is 4.63. The second-order valence-corrected chi connectivity index (χ2v) is 5.65. The minimum absolute atomic E-state index is 0.00898. The summed E-state index contributed by atoms with van der Waals surface area (Å²) in [5.74, 6) is -1.25. The van der Waals surface area contributed by atoms with E-state index in [-0.39, 0.29) is 32.6 Å². The molecule has 0 saturated heterocycles. The lowest BCUT2D eigenvalue weighted by Crippen LogP contribution is -2.37. The number of hydrogen-bond acceptors (Lipinski definition) is 4. The predicted octanol–water partition coefficient (Wildman–Crippen LogP) is 2.50. The largest absolute Gasteiger partial charge is 0.448 e. The Hall–Kier alpha value is -1.24. The normalized spacial score (nSPS) is 10.6. The number of nitrogens with two attached hydrogens (primary N) is 1. The molecule has 0 atom stereocenters. The topological polar surface area (TPSA) is 95.6 Å². The van der Waals surface area contributed by atoms with E-state index in [1.54, 1.807) is 0 Å². The van der Waals surface area contributed by atoms with Crippen molar-refractivity contribution in [3.63, 3.8) is 0 Å². The van der Waals surface area contributed by atoms with Crippen LogP contribution < -0.4 is 16.0 Å². The first kappa shape index (κ1) is 18.8. The number of ether oxygens (including phenoxy) is 1. The lowest BCUT2D eigenvalue weighted by molar-refractivity contribution is -0.380. The Morgan fingerprint density at radius 3 is 2.36 bits per heavy atom. The standard InChI is InChI=1S/C13H16Cl3N3O3/c1-3-6(4-2)18-7(20)5-22-13(21)11-8(14)10(17)9(15)12(16)19-11/h6H,3-5H2,1-2H3,(H2,17,19)(H,18,20)/p+1. The van der Waals surface area contributed by atoms with Gasteiger partial charge in [-0.3, -0.25) is 4.79 Å². The Bertz CT molecular complexity index is 577. The van der Waals surface area contributed by atoms with E-state index in [0.717, 1.165) is 12.8 Å². The van der Waals surface area contributed by atoms with Crippen LogP contribution in [0.15, 0.2) is 0 Å². The Labute approximate surface area is 143 Å². The highest BCUT2D eigenvalue weighted by Crippen LogP contribution is 2.32. The molecular formula is C13H17Cl3N3O3+. The van der Waals surface area contributed by atoms with Crippen LogP contribution in [0.2, 0.25) is 15.2 Å². The van der Waals surface area contributed by atoms with Crippen molar-refractivity contribution in [3.8, 4) is 0 Å². The smallest absolute Gasteiger partial charge is 0.405 e. The van der Waals surface area contributed by atoms with Gasteiger partial charge in [-0.1, -0.05) is 37.0 Å². The summed E-state index contributed by atoms with van der Waals surface area (Å²) in [6.45, 7) is 3.47. The lowest BCUT2D eigenvalue weighted by Gasteiger charge is -2.14. The molecule has 122 valence electrons. The number of amides is 1. The zero-order valence-electron chi connectivity index (χ0n) is 12.1. The number of pyridine rings is 1. The molecule has 0 aromatic carbocycles. The van der Waals surface area contributed by atoms with Crippen molar-refractivity contribution >= 4 is 52.4 Å². The first-order valence-electron chi connectivity index (χ1n) is 6.63. The van der Waals surface area contributed by atoms with Gasteiger partial charge in [-0.15, -0.1) is 0 Å². The number of nitrogens with one attached hydrogen (secondary N) is 2. The molecule has 0 spiro atoms. The second kappa shape index (κ2) is 8.41. The van der Waals surface area contributed by atoms with Crippen molar-refractivity contribution < 1.29 is 19.3 Å². The molecule has 6 nitrogen and oxygen atoms in total. The molecule has 1 amide bonds. The number of nitrogen functional groups attached to an aromatic ring is 1. The quantitative estimate of drug-likeness (QED) is 0.595. The van der Waals surface area contributed by atoms with Crippen LogP contribution in [0.5, 0.6) is 0 Å². The first-order valence-corrected chi connectivity index (χ1v) is 7.76. The SMILES string of the molecule is CCC(CC)NC(=O)COC(=O)c1[nH+]c(Cl)c(Cl)c(N)c1Cl. The van der Waals surface area contributed by atoms with Crippen LogP contribution in [-0.4, -0.2) is 24.5 Å². The van der Waals surface area contributed by atoms with Crippen LogP contribution >= 0.6 is 34.8 Å². The van der Waals surface area contributed by atoms with Gasteiger partial charge < -0.3 is 15.8 Å². The van der Waals surface area contributed by atoms with Crippen LogP contribution in [0.4, 0.5) is 5.69 Å². The molecule has 0 saturated carbocycles. The van der Waals surface area contributed by atoms with Gasteiger partial charge in [-0.05, 0) is 24.4 Å². The summed E-state index contributed by atoms with van der Waals surface area (Å²) in [6.07, 6.45) is 1.58. The lowest BCUT2D eigenvalue weighted by atomic mass is 10.2. The molecule has 0 unspecified atom stereocenters. The maximum absolute atomic E-state index is 11.9. The highest BCUT2D eigenvalue weighted by Gasteiger charge is 2.27.